The van der Waals surface area contributed by atoms with Gasteiger partial charge in [-0.1, -0.05) is 18.7 Å². The minimum Gasteiger partial charge on any atom is -0.384 e. The predicted octanol–water partition coefficient (Wildman–Crippen LogP) is 5.29. The molecule has 0 fully saturated rings. The van der Waals surface area contributed by atoms with Crippen LogP contribution >= 0.6 is 0 Å². The third kappa shape index (κ3) is 5.04. The summed E-state index contributed by atoms with van der Waals surface area (Å²) in [5, 5.41) is 12.8. The first-order chi connectivity index (χ1) is 16.1. The number of hydrogen-bond acceptors (Lipinski definition) is 5. The molecule has 0 saturated carbocycles. The molecule has 2 aromatic heterocycles. The fraction of sp³-hybridized carbons (Fsp3) is 0.375. The van der Waals surface area contributed by atoms with Crippen LogP contribution in [0.4, 0.5) is 27.8 Å². The zero-order chi connectivity index (χ0) is 26.3. The van der Waals surface area contributed by atoms with Crippen LogP contribution in [0.25, 0.3) is 10.9 Å². The second kappa shape index (κ2) is 9.37. The van der Waals surface area contributed by atoms with Crippen molar-refractivity contribution in [2.45, 2.75) is 58.2 Å². The summed E-state index contributed by atoms with van der Waals surface area (Å²) in [6.07, 6.45) is 1.03. The van der Waals surface area contributed by atoms with E-state index in [1.807, 2.05) is 0 Å². The normalized spacial score (nSPS) is 13.2. The number of nitrogens with zero attached hydrogens (tertiary/aromatic N) is 3. The Kier molecular flexibility index (Phi) is 7.03. The van der Waals surface area contributed by atoms with E-state index in [1.54, 1.807) is 0 Å². The van der Waals surface area contributed by atoms with Crippen LogP contribution in [-0.4, -0.2) is 25.2 Å². The Labute approximate surface area is 198 Å². The molecular weight excluding hydrogens is 471 g/mol. The molecule has 0 saturated heterocycles. The van der Waals surface area contributed by atoms with Crippen molar-refractivity contribution in [3.63, 3.8) is 0 Å². The lowest BCUT2D eigenvalue weighted by Gasteiger charge is -2.30. The van der Waals surface area contributed by atoms with E-state index in [-0.39, 0.29) is 41.1 Å². The number of rotatable bonds is 8. The first-order valence-electron chi connectivity index (χ1n) is 10.7. The van der Waals surface area contributed by atoms with Crippen molar-refractivity contribution in [3.05, 3.63) is 75.7 Å². The summed E-state index contributed by atoms with van der Waals surface area (Å²) >= 11 is 0. The molecule has 3 rings (SSSR count). The lowest BCUT2D eigenvalue weighted by molar-refractivity contribution is -0.170. The molecule has 0 amide bonds. The maximum Gasteiger partial charge on any atom is 0.303 e. The molecule has 0 bridgehead atoms. The maximum absolute atomic E-state index is 15.2. The van der Waals surface area contributed by atoms with Crippen LogP contribution in [-0.2, 0) is 12.5 Å². The van der Waals surface area contributed by atoms with E-state index in [9.17, 15) is 27.5 Å². The third-order valence-corrected chi connectivity index (χ3v) is 5.58. The Balaban J connectivity index is 2.09. The molecule has 2 N–H and O–H groups in total. The van der Waals surface area contributed by atoms with Crippen LogP contribution in [0.2, 0.25) is 0 Å². The zero-order valence-corrected chi connectivity index (χ0v) is 19.6. The summed E-state index contributed by atoms with van der Waals surface area (Å²) in [5.74, 6) is -6.85. The van der Waals surface area contributed by atoms with Gasteiger partial charge in [-0.2, -0.15) is 13.2 Å². The molecule has 1 aromatic carbocycles. The SMILES string of the molecule is C=C(F)CCn1cc2c(N[C@H](C)c3cccc(C(F)(F)C(C)(C)O)c3F)nc(C)nc2c(F)c1=O. The number of aliphatic hydroxyl groups is 1. The Hall–Kier alpha value is -3.34. The maximum atomic E-state index is 15.2. The number of aromatic nitrogens is 3. The summed E-state index contributed by atoms with van der Waals surface area (Å²) in [4.78, 5) is 20.5. The van der Waals surface area contributed by atoms with Gasteiger partial charge in [0.05, 0.1) is 22.8 Å². The average molecular weight is 496 g/mol. The van der Waals surface area contributed by atoms with Gasteiger partial charge in [-0.25, -0.2) is 18.7 Å². The van der Waals surface area contributed by atoms with Crippen LogP contribution < -0.4 is 10.9 Å². The molecule has 11 heteroatoms. The minimum absolute atomic E-state index is 0.0192. The second-order valence-electron chi connectivity index (χ2n) is 8.80. The highest BCUT2D eigenvalue weighted by atomic mass is 19.3. The van der Waals surface area contributed by atoms with Gasteiger partial charge in [-0.05, 0) is 33.8 Å². The topological polar surface area (TPSA) is 80.0 Å². The smallest absolute Gasteiger partial charge is 0.303 e. The van der Waals surface area contributed by atoms with Crippen LogP contribution in [0.1, 0.15) is 50.2 Å². The largest absolute Gasteiger partial charge is 0.384 e. The minimum atomic E-state index is -3.88. The van der Waals surface area contributed by atoms with Gasteiger partial charge in [0.15, 0.2) is 0 Å². The first kappa shape index (κ1) is 26.3. The van der Waals surface area contributed by atoms with Gasteiger partial charge in [0.2, 0.25) is 5.82 Å². The molecule has 188 valence electrons. The fourth-order valence-electron chi connectivity index (χ4n) is 3.57. The highest BCUT2D eigenvalue weighted by molar-refractivity contribution is 5.88. The fourth-order valence-corrected chi connectivity index (χ4v) is 3.57. The Morgan fingerprint density at radius 2 is 1.89 bits per heavy atom. The van der Waals surface area contributed by atoms with Crippen LogP contribution in [0.5, 0.6) is 0 Å². The van der Waals surface area contributed by atoms with Gasteiger partial charge in [0.25, 0.3) is 5.56 Å². The number of aryl methyl sites for hydroxylation is 2. The molecular formula is C24H25F5N4O2. The van der Waals surface area contributed by atoms with E-state index < -0.39 is 46.1 Å². The van der Waals surface area contributed by atoms with Crippen LogP contribution in [0.3, 0.4) is 0 Å². The second-order valence-corrected chi connectivity index (χ2v) is 8.80. The number of alkyl halides is 2. The summed E-state index contributed by atoms with van der Waals surface area (Å²) in [5.41, 5.74) is -4.96. The number of hydrogen-bond donors (Lipinski definition) is 2. The Morgan fingerprint density at radius 3 is 2.49 bits per heavy atom. The predicted molar refractivity (Wildman–Crippen MR) is 122 cm³/mol. The lowest BCUT2D eigenvalue weighted by Crippen LogP contribution is -2.41. The molecule has 0 unspecified atom stereocenters. The highest BCUT2D eigenvalue weighted by Gasteiger charge is 2.49. The molecule has 2 heterocycles. The Bertz CT molecular complexity index is 1350. The van der Waals surface area contributed by atoms with Crippen LogP contribution in [0.15, 0.2) is 41.6 Å². The zero-order valence-electron chi connectivity index (χ0n) is 19.6. The molecule has 6 nitrogen and oxygen atoms in total. The molecule has 0 spiro atoms. The average Bonchev–Trinajstić information content (AvgIpc) is 2.74. The van der Waals surface area contributed by atoms with E-state index in [4.69, 9.17) is 0 Å². The van der Waals surface area contributed by atoms with E-state index in [0.29, 0.717) is 0 Å². The summed E-state index contributed by atoms with van der Waals surface area (Å²) < 4.78 is 73.4. The number of pyridine rings is 1. The first-order valence-corrected chi connectivity index (χ1v) is 10.7. The molecule has 0 aliphatic heterocycles. The molecule has 0 aliphatic carbocycles. The standard InChI is InChI=1S/C24H25F5N4O2/c1-12(25)9-10-33-11-16-20(19(27)22(33)34)31-14(3)32-21(16)30-13(2)15-7-6-8-17(18(15)26)24(28,29)23(4,5)35/h6-8,11,13,35H,1,9-10H2,2-5H3,(H,30,31,32)/t13-/m1/s1. The third-order valence-electron chi connectivity index (χ3n) is 5.58. The van der Waals surface area contributed by atoms with Gasteiger partial charge in [-0.15, -0.1) is 0 Å². The van der Waals surface area contributed by atoms with Crippen LogP contribution in [0, 0.1) is 18.6 Å². The summed E-state index contributed by atoms with van der Waals surface area (Å²) in [7, 11) is 0. The molecule has 35 heavy (non-hydrogen) atoms. The number of halogens is 5. The van der Waals surface area contributed by atoms with Gasteiger partial charge < -0.3 is 15.0 Å². The van der Waals surface area contributed by atoms with Crippen molar-refractivity contribution in [1.29, 1.82) is 0 Å². The van der Waals surface area contributed by atoms with Gasteiger partial charge in [-0.3, -0.25) is 4.79 Å². The molecule has 0 radical (unpaired) electrons. The summed E-state index contributed by atoms with van der Waals surface area (Å²) in [6.45, 7) is 7.62. The molecule has 0 aliphatic rings. The molecule has 3 aromatic rings. The van der Waals surface area contributed by atoms with E-state index in [0.717, 1.165) is 24.5 Å². The van der Waals surface area contributed by atoms with Gasteiger partial charge in [0.1, 0.15) is 28.6 Å². The monoisotopic (exact) mass is 496 g/mol. The van der Waals surface area contributed by atoms with E-state index in [2.05, 4.69) is 21.9 Å². The number of anilines is 1. The van der Waals surface area contributed by atoms with Crippen molar-refractivity contribution >= 4 is 16.7 Å². The number of benzene rings is 1. The number of allylic oxidation sites excluding steroid dienone is 1. The van der Waals surface area contributed by atoms with Crippen molar-refractivity contribution in [3.8, 4) is 0 Å². The van der Waals surface area contributed by atoms with Crippen molar-refractivity contribution in [1.82, 2.24) is 14.5 Å². The Morgan fingerprint density at radius 1 is 1.23 bits per heavy atom. The quantitative estimate of drug-likeness (QED) is 0.415. The van der Waals surface area contributed by atoms with Crippen molar-refractivity contribution < 1.29 is 27.1 Å². The molecule has 1 atom stereocenters. The summed E-state index contributed by atoms with van der Waals surface area (Å²) in [6, 6.07) is 2.46. The number of nitrogens with one attached hydrogen (secondary N) is 1. The van der Waals surface area contributed by atoms with Gasteiger partial charge in [0, 0.05) is 24.7 Å². The van der Waals surface area contributed by atoms with Gasteiger partial charge >= 0.3 is 5.92 Å². The lowest BCUT2D eigenvalue weighted by atomic mass is 9.91. The highest BCUT2D eigenvalue weighted by Crippen LogP contribution is 2.41. The van der Waals surface area contributed by atoms with E-state index >= 15 is 4.39 Å². The van der Waals surface area contributed by atoms with Crippen molar-refractivity contribution in [2.75, 3.05) is 5.32 Å². The van der Waals surface area contributed by atoms with E-state index in [1.165, 1.54) is 32.2 Å². The van der Waals surface area contributed by atoms with Crippen molar-refractivity contribution in [2.24, 2.45) is 0 Å². The number of fused-ring (bicyclic) bond motifs is 1.